The Balaban J connectivity index is 1.79. The number of rotatable bonds is 4. The van der Waals surface area contributed by atoms with E-state index in [4.69, 9.17) is 14.2 Å². The summed E-state index contributed by atoms with van der Waals surface area (Å²) in [5.41, 5.74) is 5.97. The molecule has 1 aliphatic rings. The van der Waals surface area contributed by atoms with Crippen LogP contribution in [0.2, 0.25) is 0 Å². The summed E-state index contributed by atoms with van der Waals surface area (Å²) < 4.78 is 14.1. The van der Waals surface area contributed by atoms with Gasteiger partial charge in [0.15, 0.2) is 5.75 Å². The number of ether oxygens (including phenoxy) is 1. The Hall–Kier alpha value is -3.28. The molecule has 2 aromatic heterocycles. The Bertz CT molecular complexity index is 1170. The number of hydrogen-bond donors (Lipinski definition) is 1. The molecule has 6 nitrogen and oxygen atoms in total. The predicted octanol–water partition coefficient (Wildman–Crippen LogP) is 5.11. The van der Waals surface area contributed by atoms with E-state index in [9.17, 15) is 0 Å². The van der Waals surface area contributed by atoms with Crippen LogP contribution < -0.4 is 10.1 Å². The first-order valence-electron chi connectivity index (χ1n) is 9.97. The summed E-state index contributed by atoms with van der Waals surface area (Å²) in [5.74, 6) is 2.50. The molecular formula is C23H24N4O2. The van der Waals surface area contributed by atoms with Gasteiger partial charge >= 0.3 is 0 Å². The van der Waals surface area contributed by atoms with E-state index in [1.54, 1.807) is 0 Å². The third-order valence-electron chi connectivity index (χ3n) is 5.41. The monoisotopic (exact) mass is 388 g/mol. The minimum atomic E-state index is 0.0508. The van der Waals surface area contributed by atoms with Crippen LogP contribution in [0.15, 0.2) is 47.0 Å². The maximum Gasteiger partial charge on any atom is 0.204 e. The third kappa shape index (κ3) is 2.78. The highest BCUT2D eigenvalue weighted by atomic mass is 16.5. The molecule has 3 heterocycles. The van der Waals surface area contributed by atoms with Crippen LogP contribution >= 0.6 is 0 Å². The molecular weight excluding hydrogens is 364 g/mol. The van der Waals surface area contributed by atoms with Crippen LogP contribution in [-0.4, -0.2) is 27.4 Å². The summed E-state index contributed by atoms with van der Waals surface area (Å²) in [7, 11) is 0. The van der Waals surface area contributed by atoms with Gasteiger partial charge in [-0.05, 0) is 45.4 Å². The number of nitrogens with zero attached hydrogens (tertiary/aromatic N) is 3. The van der Waals surface area contributed by atoms with Crippen LogP contribution in [0.3, 0.4) is 0 Å². The van der Waals surface area contributed by atoms with E-state index in [-0.39, 0.29) is 12.1 Å². The normalized spacial score (nSPS) is 15.7. The van der Waals surface area contributed by atoms with Crippen molar-refractivity contribution in [2.24, 2.45) is 0 Å². The Morgan fingerprint density at radius 1 is 1.10 bits per heavy atom. The second-order valence-electron chi connectivity index (χ2n) is 7.85. The second-order valence-corrected chi connectivity index (χ2v) is 7.85. The van der Waals surface area contributed by atoms with Gasteiger partial charge in [0, 0.05) is 11.6 Å². The summed E-state index contributed by atoms with van der Waals surface area (Å²) in [6.07, 6.45) is 0. The molecule has 5 rings (SSSR count). The van der Waals surface area contributed by atoms with Crippen LogP contribution in [0.1, 0.15) is 36.9 Å². The molecule has 0 spiro atoms. The van der Waals surface area contributed by atoms with Gasteiger partial charge in [-0.15, -0.1) is 0 Å². The number of aryl methyl sites for hydroxylation is 2. The Morgan fingerprint density at radius 2 is 1.90 bits per heavy atom. The fourth-order valence-corrected chi connectivity index (χ4v) is 4.19. The topological polar surface area (TPSA) is 65.1 Å². The molecule has 0 saturated carbocycles. The summed E-state index contributed by atoms with van der Waals surface area (Å²) in [6.45, 7) is 8.68. The quantitative estimate of drug-likeness (QED) is 0.526. The first-order chi connectivity index (χ1) is 14.0. The summed E-state index contributed by atoms with van der Waals surface area (Å²) >= 11 is 0. The lowest BCUT2D eigenvalue weighted by atomic mass is 10.00. The van der Waals surface area contributed by atoms with Crippen molar-refractivity contribution in [2.45, 2.75) is 39.8 Å². The second kappa shape index (κ2) is 6.65. The fraction of sp³-hybridized carbons (Fsp3) is 0.304. The van der Waals surface area contributed by atoms with Gasteiger partial charge in [0.2, 0.25) is 5.95 Å². The van der Waals surface area contributed by atoms with Gasteiger partial charge < -0.3 is 14.6 Å². The van der Waals surface area contributed by atoms with Crippen LogP contribution in [0.5, 0.6) is 5.75 Å². The zero-order chi connectivity index (χ0) is 20.1. The number of benzene rings is 2. The van der Waals surface area contributed by atoms with Gasteiger partial charge in [0.05, 0.1) is 22.8 Å². The average molecular weight is 388 g/mol. The highest BCUT2D eigenvalue weighted by molar-refractivity contribution is 5.94. The standard InChI is InChI=1S/C23H24N4O2/c1-13(2)24-23-25-18-11-10-17(20-14(3)26-29-15(20)4)22-21(18)27(23)19(12-28-22)16-8-6-5-7-9-16/h5-11,13,19H,12H2,1-4H3,(H,24,25). The number of hydrogen-bond acceptors (Lipinski definition) is 5. The number of anilines is 1. The number of aromatic nitrogens is 3. The average Bonchev–Trinajstić information content (AvgIpc) is 3.24. The van der Waals surface area contributed by atoms with E-state index in [0.29, 0.717) is 6.61 Å². The molecule has 0 bridgehead atoms. The molecule has 1 atom stereocenters. The zero-order valence-electron chi connectivity index (χ0n) is 17.1. The van der Waals surface area contributed by atoms with Crippen molar-refractivity contribution in [1.29, 1.82) is 0 Å². The lowest BCUT2D eigenvalue weighted by Gasteiger charge is -2.29. The van der Waals surface area contributed by atoms with Gasteiger partial charge in [0.1, 0.15) is 17.9 Å². The number of imidazole rings is 1. The summed E-state index contributed by atoms with van der Waals surface area (Å²) in [4.78, 5) is 4.90. The van der Waals surface area contributed by atoms with Crippen molar-refractivity contribution in [3.63, 3.8) is 0 Å². The maximum absolute atomic E-state index is 6.39. The van der Waals surface area contributed by atoms with E-state index in [2.05, 4.69) is 65.3 Å². The first-order valence-corrected chi connectivity index (χ1v) is 9.97. The predicted molar refractivity (Wildman–Crippen MR) is 114 cm³/mol. The van der Waals surface area contributed by atoms with Gasteiger partial charge in [0.25, 0.3) is 0 Å². The molecule has 4 aromatic rings. The van der Waals surface area contributed by atoms with Crippen LogP contribution in [0.4, 0.5) is 5.95 Å². The smallest absolute Gasteiger partial charge is 0.204 e. The van der Waals surface area contributed by atoms with E-state index in [0.717, 1.165) is 45.3 Å². The van der Waals surface area contributed by atoms with E-state index >= 15 is 0 Å². The van der Waals surface area contributed by atoms with Crippen LogP contribution in [-0.2, 0) is 0 Å². The van der Waals surface area contributed by atoms with Gasteiger partial charge in [-0.25, -0.2) is 4.98 Å². The molecule has 148 valence electrons. The summed E-state index contributed by atoms with van der Waals surface area (Å²) in [6, 6.07) is 14.9. The van der Waals surface area contributed by atoms with E-state index in [1.807, 2.05) is 19.9 Å². The molecule has 1 N–H and O–H groups in total. The van der Waals surface area contributed by atoms with Crippen molar-refractivity contribution in [3.05, 3.63) is 59.5 Å². The summed E-state index contributed by atoms with van der Waals surface area (Å²) in [5, 5.41) is 7.65. The van der Waals surface area contributed by atoms with Crippen molar-refractivity contribution >= 4 is 17.0 Å². The Labute approximate surface area is 169 Å². The maximum atomic E-state index is 6.39. The largest absolute Gasteiger partial charge is 0.488 e. The molecule has 0 aliphatic carbocycles. The molecule has 1 aliphatic heterocycles. The molecule has 0 fully saturated rings. The van der Waals surface area contributed by atoms with Gasteiger partial charge in [-0.2, -0.15) is 0 Å². The minimum Gasteiger partial charge on any atom is -0.488 e. The molecule has 0 amide bonds. The van der Waals surface area contributed by atoms with Crippen LogP contribution in [0, 0.1) is 13.8 Å². The lowest BCUT2D eigenvalue weighted by molar-refractivity contribution is 0.261. The first kappa shape index (κ1) is 17.8. The van der Waals surface area contributed by atoms with Crippen molar-refractivity contribution < 1.29 is 9.26 Å². The molecule has 0 saturated heterocycles. The highest BCUT2D eigenvalue weighted by Crippen LogP contribution is 2.45. The fourth-order valence-electron chi connectivity index (χ4n) is 4.19. The molecule has 2 aromatic carbocycles. The van der Waals surface area contributed by atoms with Gasteiger partial charge in [-0.3, -0.25) is 4.57 Å². The van der Waals surface area contributed by atoms with Crippen molar-refractivity contribution in [3.8, 4) is 16.9 Å². The lowest BCUT2D eigenvalue weighted by Crippen LogP contribution is -2.26. The van der Waals surface area contributed by atoms with Crippen molar-refractivity contribution in [2.75, 3.05) is 11.9 Å². The molecule has 1 unspecified atom stereocenters. The highest BCUT2D eigenvalue weighted by Gasteiger charge is 2.31. The Kier molecular flexibility index (Phi) is 4.08. The molecule has 0 radical (unpaired) electrons. The molecule has 6 heteroatoms. The SMILES string of the molecule is Cc1noc(C)c1-c1ccc2nc(NC(C)C)n3c2c1OCC3c1ccccc1. The van der Waals surface area contributed by atoms with Gasteiger partial charge in [-0.1, -0.05) is 35.5 Å². The minimum absolute atomic E-state index is 0.0508. The van der Waals surface area contributed by atoms with E-state index < -0.39 is 0 Å². The van der Waals surface area contributed by atoms with E-state index in [1.165, 1.54) is 5.56 Å². The number of nitrogens with one attached hydrogen (secondary N) is 1. The molecule has 29 heavy (non-hydrogen) atoms. The third-order valence-corrected chi connectivity index (χ3v) is 5.41. The zero-order valence-corrected chi connectivity index (χ0v) is 17.1. The Morgan fingerprint density at radius 3 is 2.59 bits per heavy atom. The van der Waals surface area contributed by atoms with Crippen LogP contribution in [0.25, 0.3) is 22.2 Å². The van der Waals surface area contributed by atoms with Crippen molar-refractivity contribution in [1.82, 2.24) is 14.7 Å².